The monoisotopic (exact) mass is 429 g/mol. The number of fused-ring (bicyclic) bond motifs is 5. The van der Waals surface area contributed by atoms with E-state index in [1.165, 1.54) is 6.07 Å². The number of ether oxygens (including phenoxy) is 1. The van der Waals surface area contributed by atoms with Crippen molar-refractivity contribution in [3.8, 4) is 0 Å². The fourth-order valence-corrected chi connectivity index (χ4v) is 5.79. The third-order valence-electron chi connectivity index (χ3n) is 6.85. The lowest BCUT2D eigenvalue weighted by molar-refractivity contribution is -0.141. The number of hydrogen-bond donors (Lipinski definition) is 1. The summed E-state index contributed by atoms with van der Waals surface area (Å²) < 4.78 is 45.4. The summed E-state index contributed by atoms with van der Waals surface area (Å²) in [6, 6.07) is 7.80. The number of nitrogens with zero attached hydrogens (tertiary/aromatic N) is 1. The lowest BCUT2D eigenvalue weighted by Gasteiger charge is -2.27. The minimum absolute atomic E-state index is 0.00534. The molecule has 1 unspecified atom stereocenters. The molecule has 0 spiro atoms. The summed E-state index contributed by atoms with van der Waals surface area (Å²) in [7, 11) is 0. The van der Waals surface area contributed by atoms with Crippen LogP contribution in [-0.2, 0) is 15.7 Å². The Morgan fingerprint density at radius 2 is 1.77 bits per heavy atom. The molecule has 2 aromatic rings. The van der Waals surface area contributed by atoms with Crippen molar-refractivity contribution in [2.24, 2.45) is 11.8 Å². The van der Waals surface area contributed by atoms with Crippen LogP contribution in [0, 0.1) is 32.6 Å². The van der Waals surface area contributed by atoms with Crippen molar-refractivity contribution < 1.29 is 27.8 Å². The van der Waals surface area contributed by atoms with Crippen LogP contribution in [0.4, 0.5) is 13.2 Å². The number of carbonyl (C=O) groups is 1. The van der Waals surface area contributed by atoms with E-state index in [0.29, 0.717) is 12.0 Å². The largest absolute Gasteiger partial charge is 0.511 e. The average Bonchev–Trinajstić information content (AvgIpc) is 3.34. The summed E-state index contributed by atoms with van der Waals surface area (Å²) in [6.07, 6.45) is -5.12. The Bertz CT molecular complexity index is 1110. The van der Waals surface area contributed by atoms with Crippen LogP contribution in [0.5, 0.6) is 0 Å². The zero-order valence-corrected chi connectivity index (χ0v) is 17.3. The molecule has 1 aromatic heterocycles. The zero-order chi connectivity index (χ0) is 22.2. The molecule has 1 aromatic carbocycles. The van der Waals surface area contributed by atoms with Crippen LogP contribution >= 0.6 is 0 Å². The molecule has 0 radical (unpaired) electrons. The molecule has 3 heterocycles. The fourth-order valence-electron chi connectivity index (χ4n) is 5.79. The number of Topliss-reactive ketones (excluding diaryl/α,β-unsaturated/α-hetero) is 1. The molecule has 1 N–H and O–H groups in total. The van der Waals surface area contributed by atoms with Crippen LogP contribution in [0.3, 0.4) is 0 Å². The minimum Gasteiger partial charge on any atom is -0.511 e. The minimum atomic E-state index is -4.53. The maximum atomic E-state index is 13.3. The molecule has 2 fully saturated rings. The van der Waals surface area contributed by atoms with Gasteiger partial charge in [0.15, 0.2) is 5.78 Å². The quantitative estimate of drug-likeness (QED) is 0.725. The number of ketones is 1. The molecule has 31 heavy (non-hydrogen) atoms. The second-order valence-electron chi connectivity index (χ2n) is 8.88. The summed E-state index contributed by atoms with van der Waals surface area (Å²) in [5.41, 5.74) is 3.32. The van der Waals surface area contributed by atoms with Gasteiger partial charge in [0.1, 0.15) is 11.5 Å². The number of aliphatic hydroxyl groups is 1. The van der Waals surface area contributed by atoms with Crippen molar-refractivity contribution in [1.29, 1.82) is 0 Å². The van der Waals surface area contributed by atoms with Gasteiger partial charge in [-0.2, -0.15) is 13.2 Å². The molecule has 162 valence electrons. The van der Waals surface area contributed by atoms with Crippen LogP contribution in [-0.4, -0.2) is 28.1 Å². The molecule has 0 amide bonds. The molecule has 5 atom stereocenters. The van der Waals surface area contributed by atoms with Gasteiger partial charge in [-0.3, -0.25) is 4.79 Å². The number of alkyl halides is 3. The molecule has 2 aliphatic heterocycles. The Labute approximate surface area is 177 Å². The van der Waals surface area contributed by atoms with Crippen molar-refractivity contribution >= 4 is 11.4 Å². The lowest BCUT2D eigenvalue weighted by atomic mass is 9.73. The highest BCUT2D eigenvalue weighted by Crippen LogP contribution is 2.58. The second-order valence-corrected chi connectivity index (χ2v) is 8.88. The van der Waals surface area contributed by atoms with E-state index in [9.17, 15) is 23.1 Å². The Morgan fingerprint density at radius 3 is 2.42 bits per heavy atom. The predicted molar refractivity (Wildman–Crippen MR) is 107 cm³/mol. The number of carbonyl (C=O) groups excluding carboxylic acids is 1. The van der Waals surface area contributed by atoms with E-state index < -0.39 is 41.8 Å². The zero-order valence-electron chi connectivity index (χ0n) is 17.3. The van der Waals surface area contributed by atoms with E-state index in [2.05, 4.69) is 4.98 Å². The molecule has 2 saturated heterocycles. The first-order valence-corrected chi connectivity index (χ1v) is 10.3. The Kier molecular flexibility index (Phi) is 4.35. The van der Waals surface area contributed by atoms with Gasteiger partial charge in [-0.1, -0.05) is 23.8 Å². The Hall–Kier alpha value is -2.67. The Balaban J connectivity index is 1.55. The first-order chi connectivity index (χ1) is 14.6. The normalized spacial score (nSPS) is 29.7. The van der Waals surface area contributed by atoms with Crippen molar-refractivity contribution in [3.05, 3.63) is 69.7 Å². The number of allylic oxidation sites excluding steroid dienone is 1. The number of halogens is 3. The standard InChI is InChI=1S/C24H22F3NO3/c1-10-7-11(2)17(12(3)8-10)19-21(29)18-15-9-13(23(31-15)20(18)22(19)30)14-5-4-6-16(28-14)24(25,26)27/h4-8,13,15,18,20,23,30H,9H2,1-3H3/t13?,15-,18-,20+,23+/m0/s1. The lowest BCUT2D eigenvalue weighted by Crippen LogP contribution is -2.34. The molecule has 4 nitrogen and oxygen atoms in total. The fraction of sp³-hybridized carbons (Fsp3) is 0.417. The van der Waals surface area contributed by atoms with Gasteiger partial charge in [-0.05, 0) is 56.0 Å². The second kappa shape index (κ2) is 6.66. The molecular formula is C24H22F3NO3. The number of pyridine rings is 1. The molecule has 0 saturated carbocycles. The van der Waals surface area contributed by atoms with E-state index in [4.69, 9.17) is 4.74 Å². The van der Waals surface area contributed by atoms with Crippen molar-refractivity contribution in [3.63, 3.8) is 0 Å². The van der Waals surface area contributed by atoms with Gasteiger partial charge in [0.2, 0.25) is 0 Å². The number of hydrogen-bond acceptors (Lipinski definition) is 4. The van der Waals surface area contributed by atoms with Gasteiger partial charge < -0.3 is 9.84 Å². The number of benzene rings is 1. The van der Waals surface area contributed by atoms with E-state index in [1.54, 1.807) is 6.07 Å². The molecule has 5 rings (SSSR count). The molecule has 7 heteroatoms. The maximum Gasteiger partial charge on any atom is 0.433 e. The molecule has 3 aliphatic rings. The van der Waals surface area contributed by atoms with Crippen molar-refractivity contribution in [2.45, 2.75) is 51.5 Å². The molecule has 1 aliphatic carbocycles. The highest BCUT2D eigenvalue weighted by Gasteiger charge is 2.63. The summed E-state index contributed by atoms with van der Waals surface area (Å²) in [5.74, 6) is -1.59. The Morgan fingerprint density at radius 1 is 1.10 bits per heavy atom. The van der Waals surface area contributed by atoms with Crippen LogP contribution in [0.1, 0.15) is 46.0 Å². The molecular weight excluding hydrogens is 407 g/mol. The number of aromatic nitrogens is 1. The number of aryl methyl sites for hydroxylation is 3. The van der Waals surface area contributed by atoms with E-state index in [-0.39, 0.29) is 17.2 Å². The van der Waals surface area contributed by atoms with Gasteiger partial charge in [-0.15, -0.1) is 0 Å². The van der Waals surface area contributed by atoms with Gasteiger partial charge in [0.05, 0.1) is 29.6 Å². The smallest absolute Gasteiger partial charge is 0.433 e. The van der Waals surface area contributed by atoms with Crippen LogP contribution in [0.2, 0.25) is 0 Å². The van der Waals surface area contributed by atoms with Gasteiger partial charge in [0, 0.05) is 11.6 Å². The first kappa shape index (κ1) is 20.2. The van der Waals surface area contributed by atoms with Crippen LogP contribution < -0.4 is 0 Å². The summed E-state index contributed by atoms with van der Waals surface area (Å²) in [6.45, 7) is 5.80. The summed E-state index contributed by atoms with van der Waals surface area (Å²) in [5, 5.41) is 11.2. The highest BCUT2D eigenvalue weighted by molar-refractivity contribution is 6.26. The maximum absolute atomic E-state index is 13.3. The van der Waals surface area contributed by atoms with Crippen molar-refractivity contribution in [1.82, 2.24) is 4.98 Å². The van der Waals surface area contributed by atoms with E-state index in [0.717, 1.165) is 28.3 Å². The van der Waals surface area contributed by atoms with E-state index in [1.807, 2.05) is 32.9 Å². The predicted octanol–water partition coefficient (Wildman–Crippen LogP) is 5.06. The third-order valence-corrected chi connectivity index (χ3v) is 6.85. The average molecular weight is 429 g/mol. The van der Waals surface area contributed by atoms with Crippen LogP contribution in [0.25, 0.3) is 5.57 Å². The topological polar surface area (TPSA) is 59.4 Å². The summed E-state index contributed by atoms with van der Waals surface area (Å²) >= 11 is 0. The highest BCUT2D eigenvalue weighted by atomic mass is 19.4. The first-order valence-electron chi connectivity index (χ1n) is 10.3. The van der Waals surface area contributed by atoms with E-state index >= 15 is 0 Å². The van der Waals surface area contributed by atoms with Gasteiger partial charge in [-0.25, -0.2) is 4.98 Å². The van der Waals surface area contributed by atoms with Crippen LogP contribution in [0.15, 0.2) is 36.1 Å². The number of aliphatic hydroxyl groups excluding tert-OH is 1. The molecule has 2 bridgehead atoms. The van der Waals surface area contributed by atoms with Gasteiger partial charge in [0.25, 0.3) is 0 Å². The summed E-state index contributed by atoms with van der Waals surface area (Å²) in [4.78, 5) is 17.2. The van der Waals surface area contributed by atoms with Gasteiger partial charge >= 0.3 is 6.18 Å². The van der Waals surface area contributed by atoms with Crippen molar-refractivity contribution in [2.75, 3.05) is 0 Å². The third kappa shape index (κ3) is 2.93. The SMILES string of the molecule is Cc1cc(C)c(C2=C(O)[C@H]3[C@@H](C2=O)[C@@H]2CC(c4cccc(C(F)(F)F)n4)[C@H]3O2)c(C)c1. The number of rotatable bonds is 2.